The molecule has 1 fully saturated rings. The smallest absolute Gasteiger partial charge is 0.186 e. The van der Waals surface area contributed by atoms with Crippen LogP contribution in [0.5, 0.6) is 0 Å². The second kappa shape index (κ2) is 7.71. The van der Waals surface area contributed by atoms with E-state index in [0.29, 0.717) is 12.5 Å². The minimum atomic E-state index is 0.503. The van der Waals surface area contributed by atoms with E-state index in [1.54, 1.807) is 14.2 Å². The summed E-state index contributed by atoms with van der Waals surface area (Å²) < 4.78 is 10.3. The number of ether oxygens (including phenoxy) is 2. The van der Waals surface area contributed by atoms with E-state index in [4.69, 9.17) is 14.5 Å². The summed E-state index contributed by atoms with van der Waals surface area (Å²) in [5.74, 6) is 0.503. The SMILES string of the molecule is COCCCN(CCOC)c1nc(C2CC2)c(C=O)s1. The molecular weight excluding hydrogens is 276 g/mol. The summed E-state index contributed by atoms with van der Waals surface area (Å²) in [6, 6.07) is 0. The summed E-state index contributed by atoms with van der Waals surface area (Å²) in [5.41, 5.74) is 0.995. The van der Waals surface area contributed by atoms with Crippen molar-refractivity contribution in [1.82, 2.24) is 4.98 Å². The summed E-state index contributed by atoms with van der Waals surface area (Å²) in [7, 11) is 3.40. The molecule has 1 aliphatic carbocycles. The Bertz CT molecular complexity index is 432. The van der Waals surface area contributed by atoms with E-state index in [0.717, 1.165) is 60.9 Å². The van der Waals surface area contributed by atoms with Crippen molar-refractivity contribution in [3.8, 4) is 0 Å². The van der Waals surface area contributed by atoms with Crippen LogP contribution in [0.3, 0.4) is 0 Å². The third kappa shape index (κ3) is 4.01. The lowest BCUT2D eigenvalue weighted by Crippen LogP contribution is -2.28. The van der Waals surface area contributed by atoms with E-state index in [1.807, 2.05) is 0 Å². The van der Waals surface area contributed by atoms with Crippen molar-refractivity contribution in [2.75, 3.05) is 45.4 Å². The van der Waals surface area contributed by atoms with Gasteiger partial charge in [-0.1, -0.05) is 11.3 Å². The normalized spacial score (nSPS) is 14.5. The maximum Gasteiger partial charge on any atom is 0.186 e. The first-order valence-electron chi connectivity index (χ1n) is 6.98. The Hall–Kier alpha value is -0.980. The standard InChI is InChI=1S/C14H22N2O3S/c1-18-8-3-6-16(7-9-19-2)14-15-13(11-4-5-11)12(10-17)20-14/h10-11H,3-9H2,1-2H3. The van der Waals surface area contributed by atoms with Crippen LogP contribution in [0.1, 0.15) is 40.5 Å². The second-order valence-corrected chi connectivity index (χ2v) is 5.97. The maximum absolute atomic E-state index is 11.2. The number of nitrogens with zero attached hydrogens (tertiary/aromatic N) is 2. The van der Waals surface area contributed by atoms with E-state index in [-0.39, 0.29) is 0 Å². The highest BCUT2D eigenvalue weighted by molar-refractivity contribution is 7.17. The van der Waals surface area contributed by atoms with Crippen LogP contribution >= 0.6 is 11.3 Å². The number of hydrogen-bond acceptors (Lipinski definition) is 6. The van der Waals surface area contributed by atoms with Gasteiger partial charge in [0.2, 0.25) is 0 Å². The van der Waals surface area contributed by atoms with Crippen molar-refractivity contribution in [2.24, 2.45) is 0 Å². The molecule has 0 radical (unpaired) electrons. The molecule has 0 amide bonds. The molecule has 0 N–H and O–H groups in total. The zero-order valence-corrected chi connectivity index (χ0v) is 12.9. The Morgan fingerprint density at radius 1 is 1.30 bits per heavy atom. The molecule has 0 unspecified atom stereocenters. The van der Waals surface area contributed by atoms with Crippen molar-refractivity contribution >= 4 is 22.8 Å². The van der Waals surface area contributed by atoms with Crippen LogP contribution in [0.4, 0.5) is 5.13 Å². The maximum atomic E-state index is 11.2. The minimum Gasteiger partial charge on any atom is -0.385 e. The molecule has 6 heteroatoms. The van der Waals surface area contributed by atoms with Crippen molar-refractivity contribution in [3.05, 3.63) is 10.6 Å². The Balaban J connectivity index is 2.07. The van der Waals surface area contributed by atoms with Crippen LogP contribution in [0.2, 0.25) is 0 Å². The summed E-state index contributed by atoms with van der Waals surface area (Å²) in [6.07, 6.45) is 4.20. The molecule has 1 aliphatic rings. The van der Waals surface area contributed by atoms with Crippen molar-refractivity contribution in [2.45, 2.75) is 25.2 Å². The molecule has 0 spiro atoms. The fraction of sp³-hybridized carbons (Fsp3) is 0.714. The van der Waals surface area contributed by atoms with Crippen LogP contribution in [-0.2, 0) is 9.47 Å². The Kier molecular flexibility index (Phi) is 5.94. The quantitative estimate of drug-likeness (QED) is 0.490. The number of rotatable bonds is 10. The number of hydrogen-bond donors (Lipinski definition) is 0. The van der Waals surface area contributed by atoms with Crippen LogP contribution in [0.25, 0.3) is 0 Å². The van der Waals surface area contributed by atoms with Gasteiger partial charge in [-0.15, -0.1) is 0 Å². The van der Waals surface area contributed by atoms with Gasteiger partial charge in [0.15, 0.2) is 11.4 Å². The van der Waals surface area contributed by atoms with Gasteiger partial charge in [-0.3, -0.25) is 4.79 Å². The summed E-state index contributed by atoms with van der Waals surface area (Å²) >= 11 is 1.49. The Morgan fingerprint density at radius 2 is 2.05 bits per heavy atom. The minimum absolute atomic E-state index is 0.503. The first kappa shape index (κ1) is 15.4. The zero-order chi connectivity index (χ0) is 14.4. The van der Waals surface area contributed by atoms with E-state index < -0.39 is 0 Å². The highest BCUT2D eigenvalue weighted by Gasteiger charge is 2.30. The first-order chi connectivity index (χ1) is 9.80. The van der Waals surface area contributed by atoms with E-state index in [1.165, 1.54) is 11.3 Å². The van der Waals surface area contributed by atoms with Gasteiger partial charge in [0.1, 0.15) is 0 Å². The van der Waals surface area contributed by atoms with Gasteiger partial charge in [-0.25, -0.2) is 4.98 Å². The Morgan fingerprint density at radius 3 is 2.65 bits per heavy atom. The van der Waals surface area contributed by atoms with Crippen LogP contribution in [0, 0.1) is 0 Å². The van der Waals surface area contributed by atoms with Crippen molar-refractivity contribution in [3.63, 3.8) is 0 Å². The van der Waals surface area contributed by atoms with Gasteiger partial charge in [-0.05, 0) is 19.3 Å². The average molecular weight is 298 g/mol. The zero-order valence-electron chi connectivity index (χ0n) is 12.1. The number of thiazole rings is 1. The number of anilines is 1. The number of aromatic nitrogens is 1. The van der Waals surface area contributed by atoms with Crippen molar-refractivity contribution < 1.29 is 14.3 Å². The van der Waals surface area contributed by atoms with Crippen LogP contribution < -0.4 is 4.90 Å². The molecular formula is C14H22N2O3S. The molecule has 0 bridgehead atoms. The van der Waals surface area contributed by atoms with Crippen molar-refractivity contribution in [1.29, 1.82) is 0 Å². The first-order valence-corrected chi connectivity index (χ1v) is 7.80. The second-order valence-electron chi connectivity index (χ2n) is 4.96. The monoisotopic (exact) mass is 298 g/mol. The number of carbonyl (C=O) groups is 1. The average Bonchev–Trinajstić information content (AvgIpc) is 3.22. The largest absolute Gasteiger partial charge is 0.385 e. The molecule has 1 heterocycles. The summed E-state index contributed by atoms with van der Waals surface area (Å²) in [4.78, 5) is 18.8. The molecule has 112 valence electrons. The fourth-order valence-electron chi connectivity index (χ4n) is 2.10. The van der Waals surface area contributed by atoms with Gasteiger partial charge in [0.05, 0.1) is 17.2 Å². The summed E-state index contributed by atoms with van der Waals surface area (Å²) in [6.45, 7) is 3.04. The van der Waals surface area contributed by atoms with Gasteiger partial charge in [0, 0.05) is 39.8 Å². The van der Waals surface area contributed by atoms with Gasteiger partial charge >= 0.3 is 0 Å². The van der Waals surface area contributed by atoms with Gasteiger partial charge in [0.25, 0.3) is 0 Å². The number of aldehydes is 1. The van der Waals surface area contributed by atoms with Crippen LogP contribution in [0.15, 0.2) is 0 Å². The third-order valence-corrected chi connectivity index (χ3v) is 4.41. The van der Waals surface area contributed by atoms with E-state index in [9.17, 15) is 4.79 Å². The predicted octanol–water partition coefficient (Wildman–Crippen LogP) is 2.32. The molecule has 0 aliphatic heterocycles. The Labute approximate surface area is 123 Å². The van der Waals surface area contributed by atoms with Crippen LogP contribution in [-0.4, -0.2) is 51.8 Å². The fourth-order valence-corrected chi connectivity index (χ4v) is 3.12. The number of methoxy groups -OCH3 is 2. The highest BCUT2D eigenvalue weighted by Crippen LogP contribution is 2.43. The summed E-state index contributed by atoms with van der Waals surface area (Å²) in [5, 5.41) is 0.933. The van der Waals surface area contributed by atoms with Gasteiger partial charge < -0.3 is 14.4 Å². The van der Waals surface area contributed by atoms with E-state index >= 15 is 0 Å². The third-order valence-electron chi connectivity index (χ3n) is 3.35. The molecule has 1 saturated carbocycles. The molecule has 5 nitrogen and oxygen atoms in total. The highest BCUT2D eigenvalue weighted by atomic mass is 32.1. The molecule has 1 aromatic heterocycles. The van der Waals surface area contributed by atoms with Gasteiger partial charge in [-0.2, -0.15) is 0 Å². The lowest BCUT2D eigenvalue weighted by Gasteiger charge is -2.21. The molecule has 20 heavy (non-hydrogen) atoms. The topological polar surface area (TPSA) is 51.7 Å². The number of carbonyl (C=O) groups excluding carboxylic acids is 1. The molecule has 0 aromatic carbocycles. The lowest BCUT2D eigenvalue weighted by molar-refractivity contribution is 0.112. The molecule has 2 rings (SSSR count). The lowest BCUT2D eigenvalue weighted by atomic mass is 10.3. The molecule has 1 aromatic rings. The predicted molar refractivity (Wildman–Crippen MR) is 80.1 cm³/mol. The van der Waals surface area contributed by atoms with E-state index in [2.05, 4.69) is 4.90 Å². The molecule has 0 atom stereocenters. The molecule has 0 saturated heterocycles.